The van der Waals surface area contributed by atoms with Gasteiger partial charge in [-0.25, -0.2) is 5.84 Å². The number of nitrogens with two attached hydrogens (primary N) is 1. The fraction of sp³-hybridized carbons (Fsp3) is 0.333. The third kappa shape index (κ3) is 2.90. The van der Waals surface area contributed by atoms with E-state index < -0.39 is 0 Å². The van der Waals surface area contributed by atoms with Crippen molar-refractivity contribution in [3.63, 3.8) is 0 Å². The predicted molar refractivity (Wildman–Crippen MR) is 75.5 cm³/mol. The Morgan fingerprint density at radius 2 is 2.05 bits per heavy atom. The highest BCUT2D eigenvalue weighted by Gasteiger charge is 2.25. The SMILES string of the molecule is CC=C(CCC)C(c1ccco1)N(N)c1ccco1. The van der Waals surface area contributed by atoms with Crippen LogP contribution in [-0.2, 0) is 0 Å². The van der Waals surface area contributed by atoms with Crippen molar-refractivity contribution in [2.75, 3.05) is 5.01 Å². The first-order valence-corrected chi connectivity index (χ1v) is 6.53. The Morgan fingerprint density at radius 3 is 2.58 bits per heavy atom. The maximum absolute atomic E-state index is 6.22. The van der Waals surface area contributed by atoms with Crippen LogP contribution in [0.2, 0.25) is 0 Å². The molecule has 0 bridgehead atoms. The van der Waals surface area contributed by atoms with Crippen LogP contribution in [0.3, 0.4) is 0 Å². The third-order valence-corrected chi connectivity index (χ3v) is 3.11. The maximum Gasteiger partial charge on any atom is 0.210 e. The molecule has 0 aromatic carbocycles. The number of nitrogens with zero attached hydrogens (tertiary/aromatic N) is 1. The molecule has 4 nitrogen and oxygen atoms in total. The second-order valence-corrected chi connectivity index (χ2v) is 4.39. The van der Waals surface area contributed by atoms with Gasteiger partial charge in [0.05, 0.1) is 12.5 Å². The molecule has 0 aliphatic rings. The van der Waals surface area contributed by atoms with Crippen LogP contribution in [0.15, 0.2) is 57.3 Å². The molecule has 0 spiro atoms. The van der Waals surface area contributed by atoms with E-state index in [-0.39, 0.29) is 6.04 Å². The molecule has 0 radical (unpaired) electrons. The second kappa shape index (κ2) is 6.29. The minimum Gasteiger partial charge on any atom is -0.467 e. The largest absolute Gasteiger partial charge is 0.467 e. The summed E-state index contributed by atoms with van der Waals surface area (Å²) in [7, 11) is 0. The van der Waals surface area contributed by atoms with Gasteiger partial charge in [-0.3, -0.25) is 5.01 Å². The summed E-state index contributed by atoms with van der Waals surface area (Å²) in [4.78, 5) is 0. The molecule has 0 aliphatic carbocycles. The van der Waals surface area contributed by atoms with E-state index in [1.807, 2.05) is 31.2 Å². The topological polar surface area (TPSA) is 55.5 Å². The standard InChI is InChI=1S/C15H20N2O2/c1-3-7-12(4-2)15(13-8-5-10-18-13)17(16)14-9-6-11-19-14/h4-6,8-11,15H,3,7,16H2,1-2H3. The number of anilines is 1. The number of rotatable bonds is 6. The molecule has 102 valence electrons. The minimum atomic E-state index is -0.133. The number of hydrazine groups is 1. The summed E-state index contributed by atoms with van der Waals surface area (Å²) in [6.07, 6.45) is 7.40. The Bertz CT molecular complexity index is 500. The van der Waals surface area contributed by atoms with E-state index in [1.54, 1.807) is 17.5 Å². The molecule has 0 saturated heterocycles. The van der Waals surface area contributed by atoms with Gasteiger partial charge in [0.25, 0.3) is 0 Å². The summed E-state index contributed by atoms with van der Waals surface area (Å²) >= 11 is 0. The molecule has 0 fully saturated rings. The van der Waals surface area contributed by atoms with Crippen LogP contribution in [0, 0.1) is 0 Å². The van der Waals surface area contributed by atoms with Gasteiger partial charge in [0, 0.05) is 6.07 Å². The Hall–Kier alpha value is -1.94. The van der Waals surface area contributed by atoms with Crippen molar-refractivity contribution in [2.24, 2.45) is 5.84 Å². The Labute approximate surface area is 113 Å². The summed E-state index contributed by atoms with van der Waals surface area (Å²) in [5.41, 5.74) is 1.22. The van der Waals surface area contributed by atoms with E-state index in [9.17, 15) is 0 Å². The quantitative estimate of drug-likeness (QED) is 0.484. The fourth-order valence-corrected chi connectivity index (χ4v) is 2.22. The lowest BCUT2D eigenvalue weighted by Gasteiger charge is -2.27. The normalized spacial score (nSPS) is 13.5. The monoisotopic (exact) mass is 260 g/mol. The van der Waals surface area contributed by atoms with Gasteiger partial charge in [0.2, 0.25) is 5.88 Å². The number of hydrogen-bond donors (Lipinski definition) is 1. The first-order chi connectivity index (χ1) is 9.27. The smallest absolute Gasteiger partial charge is 0.210 e. The average Bonchev–Trinajstić information content (AvgIpc) is 3.10. The van der Waals surface area contributed by atoms with Gasteiger partial charge in [0.15, 0.2) is 0 Å². The summed E-state index contributed by atoms with van der Waals surface area (Å²) < 4.78 is 10.9. The lowest BCUT2D eigenvalue weighted by Crippen LogP contribution is -2.36. The molecule has 2 heterocycles. The van der Waals surface area contributed by atoms with Gasteiger partial charge >= 0.3 is 0 Å². The third-order valence-electron chi connectivity index (χ3n) is 3.11. The zero-order chi connectivity index (χ0) is 13.7. The highest BCUT2D eigenvalue weighted by Crippen LogP contribution is 2.33. The van der Waals surface area contributed by atoms with Gasteiger partial charge in [-0.1, -0.05) is 19.4 Å². The average molecular weight is 260 g/mol. The first kappa shape index (κ1) is 13.5. The molecule has 1 unspecified atom stereocenters. The van der Waals surface area contributed by atoms with Crippen molar-refractivity contribution in [1.82, 2.24) is 0 Å². The van der Waals surface area contributed by atoms with Crippen molar-refractivity contribution in [2.45, 2.75) is 32.7 Å². The summed E-state index contributed by atoms with van der Waals surface area (Å²) in [6, 6.07) is 7.34. The second-order valence-electron chi connectivity index (χ2n) is 4.39. The highest BCUT2D eigenvalue weighted by molar-refractivity contribution is 5.40. The summed E-state index contributed by atoms with van der Waals surface area (Å²) in [5.74, 6) is 7.66. The van der Waals surface area contributed by atoms with E-state index >= 15 is 0 Å². The lowest BCUT2D eigenvalue weighted by molar-refractivity contribution is 0.448. The van der Waals surface area contributed by atoms with E-state index in [1.165, 1.54) is 5.57 Å². The fourth-order valence-electron chi connectivity index (χ4n) is 2.22. The van der Waals surface area contributed by atoms with Crippen LogP contribution in [-0.4, -0.2) is 0 Å². The van der Waals surface area contributed by atoms with Crippen LogP contribution >= 0.6 is 0 Å². The molecule has 2 aromatic heterocycles. The van der Waals surface area contributed by atoms with Gasteiger partial charge in [0.1, 0.15) is 11.8 Å². The minimum absolute atomic E-state index is 0.133. The van der Waals surface area contributed by atoms with Crippen molar-refractivity contribution >= 4 is 5.88 Å². The highest BCUT2D eigenvalue weighted by atomic mass is 16.4. The van der Waals surface area contributed by atoms with Crippen LogP contribution in [0.1, 0.15) is 38.5 Å². The van der Waals surface area contributed by atoms with Crippen molar-refractivity contribution in [1.29, 1.82) is 0 Å². The Balaban J connectivity index is 2.34. The summed E-state index contributed by atoms with van der Waals surface area (Å²) in [5, 5.41) is 1.61. The molecule has 2 N–H and O–H groups in total. The molecular formula is C15H20N2O2. The molecular weight excluding hydrogens is 240 g/mol. The van der Waals surface area contributed by atoms with Crippen LogP contribution in [0.25, 0.3) is 0 Å². The molecule has 2 rings (SSSR count). The Morgan fingerprint density at radius 1 is 1.32 bits per heavy atom. The zero-order valence-electron chi connectivity index (χ0n) is 11.4. The van der Waals surface area contributed by atoms with E-state index in [4.69, 9.17) is 14.7 Å². The molecule has 1 atom stereocenters. The van der Waals surface area contributed by atoms with Crippen LogP contribution < -0.4 is 10.9 Å². The van der Waals surface area contributed by atoms with Gasteiger partial charge < -0.3 is 8.83 Å². The number of furan rings is 2. The van der Waals surface area contributed by atoms with Gasteiger partial charge in [-0.15, -0.1) is 0 Å². The molecule has 0 saturated carbocycles. The molecule has 0 aliphatic heterocycles. The van der Waals surface area contributed by atoms with Crippen molar-refractivity contribution < 1.29 is 8.83 Å². The maximum atomic E-state index is 6.22. The van der Waals surface area contributed by atoms with Crippen LogP contribution in [0.4, 0.5) is 5.88 Å². The molecule has 19 heavy (non-hydrogen) atoms. The lowest BCUT2D eigenvalue weighted by atomic mass is 9.99. The van der Waals surface area contributed by atoms with E-state index in [2.05, 4.69) is 13.0 Å². The van der Waals surface area contributed by atoms with E-state index in [0.717, 1.165) is 18.6 Å². The zero-order valence-corrected chi connectivity index (χ0v) is 11.4. The molecule has 2 aromatic rings. The Kier molecular flexibility index (Phi) is 4.47. The molecule has 0 amide bonds. The molecule has 4 heteroatoms. The van der Waals surface area contributed by atoms with Gasteiger partial charge in [-0.05, 0) is 37.1 Å². The van der Waals surface area contributed by atoms with Gasteiger partial charge in [-0.2, -0.15) is 0 Å². The van der Waals surface area contributed by atoms with E-state index in [0.29, 0.717) is 5.88 Å². The summed E-state index contributed by atoms with van der Waals surface area (Å²) in [6.45, 7) is 4.17. The first-order valence-electron chi connectivity index (χ1n) is 6.53. The predicted octanol–water partition coefficient (Wildman–Crippen LogP) is 4.04. The number of hydrogen-bond acceptors (Lipinski definition) is 4. The van der Waals surface area contributed by atoms with Crippen molar-refractivity contribution in [3.8, 4) is 0 Å². The number of allylic oxidation sites excluding steroid dienone is 1. The van der Waals surface area contributed by atoms with Crippen molar-refractivity contribution in [3.05, 3.63) is 54.2 Å². The van der Waals surface area contributed by atoms with Crippen LogP contribution in [0.5, 0.6) is 0 Å².